The molecule has 9 heteroatoms. The number of hydrogen-bond acceptors (Lipinski definition) is 4. The average molecular weight is 462 g/mol. The molecule has 2 amide bonds. The predicted octanol–water partition coefficient (Wildman–Crippen LogP) is 3.14. The van der Waals surface area contributed by atoms with E-state index in [-0.39, 0.29) is 17.6 Å². The molecule has 146 valence electrons. The Morgan fingerprint density at radius 2 is 1.96 bits per heavy atom. The fourth-order valence-corrected chi connectivity index (χ4v) is 3.87. The number of carbonyl (C=O) groups is 2. The molecule has 0 spiro atoms. The number of thioether (sulfide) groups is 1. The summed E-state index contributed by atoms with van der Waals surface area (Å²) >= 11 is 4.61. The Balaban J connectivity index is 1.57. The Hall–Kier alpha value is -2.52. The molecule has 0 saturated heterocycles. The zero-order valence-electron chi connectivity index (χ0n) is 15.7. The minimum absolute atomic E-state index is 0.124. The van der Waals surface area contributed by atoms with Crippen LogP contribution < -0.4 is 10.9 Å². The van der Waals surface area contributed by atoms with Gasteiger partial charge in [0.1, 0.15) is 5.69 Å². The van der Waals surface area contributed by atoms with Gasteiger partial charge in [0.2, 0.25) is 5.91 Å². The van der Waals surface area contributed by atoms with E-state index in [1.807, 2.05) is 16.8 Å². The number of hydrogen-bond donors (Lipinski definition) is 2. The van der Waals surface area contributed by atoms with Crippen molar-refractivity contribution < 1.29 is 9.59 Å². The monoisotopic (exact) mass is 461 g/mol. The van der Waals surface area contributed by atoms with Gasteiger partial charge in [-0.15, -0.1) is 0 Å². The van der Waals surface area contributed by atoms with E-state index in [2.05, 4.69) is 57.7 Å². The largest absolute Gasteiger partial charge is 0.345 e. The fourth-order valence-electron chi connectivity index (χ4n) is 2.58. The minimum Gasteiger partial charge on any atom is -0.345 e. The van der Waals surface area contributed by atoms with Crippen LogP contribution in [0.4, 0.5) is 0 Å². The van der Waals surface area contributed by atoms with Crippen LogP contribution in [0.25, 0.3) is 5.69 Å². The molecule has 1 aromatic carbocycles. The van der Waals surface area contributed by atoms with Crippen molar-refractivity contribution in [2.24, 2.45) is 7.05 Å². The molecule has 0 saturated carbocycles. The molecule has 7 nitrogen and oxygen atoms in total. The normalized spacial score (nSPS) is 10.7. The van der Waals surface area contributed by atoms with E-state index < -0.39 is 0 Å². The van der Waals surface area contributed by atoms with E-state index in [0.29, 0.717) is 10.9 Å². The summed E-state index contributed by atoms with van der Waals surface area (Å²) in [5, 5.41) is 0.705. The highest BCUT2D eigenvalue weighted by Crippen LogP contribution is 2.22. The Kier molecular flexibility index (Phi) is 6.25. The van der Waals surface area contributed by atoms with Crippen molar-refractivity contribution in [3.8, 4) is 5.69 Å². The lowest BCUT2D eigenvalue weighted by Crippen LogP contribution is -2.43. The molecule has 0 radical (unpaired) electrons. The average Bonchev–Trinajstić information content (AvgIpc) is 3.26. The number of carbonyl (C=O) groups excluding carboxylic acids is 2. The van der Waals surface area contributed by atoms with E-state index >= 15 is 0 Å². The highest BCUT2D eigenvalue weighted by molar-refractivity contribution is 9.10. The molecule has 0 unspecified atom stereocenters. The molecule has 2 aromatic heterocycles. The second-order valence-corrected chi connectivity index (χ2v) is 8.15. The first-order chi connectivity index (χ1) is 13.3. The Labute approximate surface area is 175 Å². The molecule has 3 aromatic rings. The molecule has 2 N–H and O–H groups in total. The number of nitrogens with zero attached hydrogens (tertiary/aromatic N) is 3. The van der Waals surface area contributed by atoms with E-state index in [1.165, 1.54) is 22.9 Å². The van der Waals surface area contributed by atoms with Gasteiger partial charge in [0.25, 0.3) is 5.91 Å². The number of imidazole rings is 1. The summed E-state index contributed by atoms with van der Waals surface area (Å²) < 4.78 is 4.39. The summed E-state index contributed by atoms with van der Waals surface area (Å²) in [6.45, 7) is 4.12. The number of nitrogens with one attached hydrogen (secondary N) is 2. The van der Waals surface area contributed by atoms with Crippen LogP contribution in [0.5, 0.6) is 0 Å². The summed E-state index contributed by atoms with van der Waals surface area (Å²) in [5.74, 6) is -0.580. The zero-order chi connectivity index (χ0) is 20.3. The second-order valence-electron chi connectivity index (χ2n) is 6.29. The molecule has 0 aliphatic heterocycles. The molecule has 2 heterocycles. The molecule has 28 heavy (non-hydrogen) atoms. The maximum Gasteiger partial charge on any atom is 0.286 e. The summed E-state index contributed by atoms with van der Waals surface area (Å²) in [5.41, 5.74) is 8.69. The quantitative estimate of drug-likeness (QED) is 0.451. The molecule has 0 atom stereocenters. The Morgan fingerprint density at radius 3 is 2.64 bits per heavy atom. The molecule has 0 bridgehead atoms. The van der Waals surface area contributed by atoms with Crippen LogP contribution in [0, 0.1) is 13.8 Å². The number of amides is 2. The lowest BCUT2D eigenvalue weighted by molar-refractivity contribution is -0.119. The standard InChI is InChI=1S/C19H20BrN5O2S/c1-12-4-5-15(8-13(12)2)25-7-6-21-19(25)28-11-17(26)22-23-18(27)16-9-14(20)10-24(16)3/h4-10H,11H2,1-3H3,(H,22,26)(H,23,27). The summed E-state index contributed by atoms with van der Waals surface area (Å²) in [6.07, 6.45) is 5.32. The van der Waals surface area contributed by atoms with Crippen molar-refractivity contribution in [1.82, 2.24) is 25.0 Å². The van der Waals surface area contributed by atoms with Crippen molar-refractivity contribution in [2.75, 3.05) is 5.75 Å². The van der Waals surface area contributed by atoms with Gasteiger partial charge in [0.05, 0.1) is 5.75 Å². The molecular formula is C19H20BrN5O2S. The van der Waals surface area contributed by atoms with Crippen LogP contribution in [0.15, 0.2) is 52.5 Å². The van der Waals surface area contributed by atoms with Gasteiger partial charge in [-0.3, -0.25) is 25.0 Å². The van der Waals surface area contributed by atoms with Crippen molar-refractivity contribution >= 4 is 39.5 Å². The molecule has 0 aliphatic carbocycles. The van der Waals surface area contributed by atoms with Gasteiger partial charge in [-0.2, -0.15) is 0 Å². The summed E-state index contributed by atoms with van der Waals surface area (Å²) in [6, 6.07) is 7.84. The van der Waals surface area contributed by atoms with Crippen LogP contribution in [0.1, 0.15) is 21.6 Å². The van der Waals surface area contributed by atoms with Crippen LogP contribution >= 0.6 is 27.7 Å². The van der Waals surface area contributed by atoms with E-state index in [9.17, 15) is 9.59 Å². The number of rotatable bonds is 5. The third kappa shape index (κ3) is 4.66. The Morgan fingerprint density at radius 1 is 1.18 bits per heavy atom. The third-order valence-corrected chi connectivity index (χ3v) is 5.63. The van der Waals surface area contributed by atoms with Gasteiger partial charge in [-0.25, -0.2) is 4.98 Å². The highest BCUT2D eigenvalue weighted by atomic mass is 79.9. The zero-order valence-corrected chi connectivity index (χ0v) is 18.1. The van der Waals surface area contributed by atoms with Crippen molar-refractivity contribution in [2.45, 2.75) is 19.0 Å². The third-order valence-electron chi connectivity index (χ3n) is 4.23. The van der Waals surface area contributed by atoms with Gasteiger partial charge in [0.15, 0.2) is 5.16 Å². The first-order valence-electron chi connectivity index (χ1n) is 8.50. The van der Waals surface area contributed by atoms with E-state index in [0.717, 1.165) is 10.2 Å². The Bertz CT molecular complexity index is 1030. The SMILES string of the molecule is Cc1ccc(-n2ccnc2SCC(=O)NNC(=O)c2cc(Br)cn2C)cc1C. The lowest BCUT2D eigenvalue weighted by atomic mass is 10.1. The van der Waals surface area contributed by atoms with Crippen molar-refractivity contribution in [1.29, 1.82) is 0 Å². The first-order valence-corrected chi connectivity index (χ1v) is 10.3. The lowest BCUT2D eigenvalue weighted by Gasteiger charge is -2.10. The maximum absolute atomic E-state index is 12.1. The number of halogens is 1. The van der Waals surface area contributed by atoms with Gasteiger partial charge < -0.3 is 4.57 Å². The topological polar surface area (TPSA) is 81.0 Å². The van der Waals surface area contributed by atoms with Crippen LogP contribution in [-0.2, 0) is 11.8 Å². The molecule has 0 fully saturated rings. The van der Waals surface area contributed by atoms with Crippen molar-refractivity contribution in [3.05, 3.63) is 64.1 Å². The fraction of sp³-hybridized carbons (Fsp3) is 0.211. The smallest absolute Gasteiger partial charge is 0.286 e. The summed E-state index contributed by atoms with van der Waals surface area (Å²) in [4.78, 5) is 28.6. The first kappa shape index (κ1) is 20.2. The number of hydrazine groups is 1. The van der Waals surface area contributed by atoms with Gasteiger partial charge in [-0.1, -0.05) is 17.8 Å². The van der Waals surface area contributed by atoms with Crippen LogP contribution in [0.3, 0.4) is 0 Å². The van der Waals surface area contributed by atoms with Gasteiger partial charge >= 0.3 is 0 Å². The highest BCUT2D eigenvalue weighted by Gasteiger charge is 2.13. The molecular weight excluding hydrogens is 442 g/mol. The van der Waals surface area contributed by atoms with Crippen LogP contribution in [-0.4, -0.2) is 31.7 Å². The van der Waals surface area contributed by atoms with Gasteiger partial charge in [0, 0.05) is 35.8 Å². The number of benzene rings is 1. The minimum atomic E-state index is -0.386. The van der Waals surface area contributed by atoms with Crippen molar-refractivity contribution in [3.63, 3.8) is 0 Å². The van der Waals surface area contributed by atoms with Gasteiger partial charge in [-0.05, 0) is 59.1 Å². The van der Waals surface area contributed by atoms with Crippen LogP contribution in [0.2, 0.25) is 0 Å². The second kappa shape index (κ2) is 8.66. The van der Waals surface area contributed by atoms with E-state index in [1.54, 1.807) is 30.1 Å². The number of aryl methyl sites for hydroxylation is 3. The summed E-state index contributed by atoms with van der Waals surface area (Å²) in [7, 11) is 1.75. The number of aromatic nitrogens is 3. The molecule has 3 rings (SSSR count). The maximum atomic E-state index is 12.1. The molecule has 0 aliphatic rings. The predicted molar refractivity (Wildman–Crippen MR) is 112 cm³/mol. The van der Waals surface area contributed by atoms with E-state index in [4.69, 9.17) is 0 Å².